The van der Waals surface area contributed by atoms with Gasteiger partial charge >= 0.3 is 0 Å². The first-order chi connectivity index (χ1) is 6.75. The first-order valence-electron chi connectivity index (χ1n) is 4.37. The molecule has 0 radical (unpaired) electrons. The lowest BCUT2D eigenvalue weighted by atomic mass is 10.2. The van der Waals surface area contributed by atoms with Crippen molar-refractivity contribution in [3.8, 4) is 6.07 Å². The summed E-state index contributed by atoms with van der Waals surface area (Å²) >= 11 is 1.47. The Morgan fingerprint density at radius 2 is 2.57 bits per heavy atom. The minimum Gasteiger partial charge on any atom is -0.375 e. The van der Waals surface area contributed by atoms with E-state index in [4.69, 9.17) is 5.26 Å². The molecule has 0 amide bonds. The molecule has 0 aromatic rings. The van der Waals surface area contributed by atoms with Crippen LogP contribution < -0.4 is 5.32 Å². The number of thioether (sulfide) groups is 1. The fraction of sp³-hybridized carbons (Fsp3) is 0.625. The largest absolute Gasteiger partial charge is 0.375 e. The molecule has 1 heterocycles. The Balaban J connectivity index is 2.72. The Morgan fingerprint density at radius 1 is 1.79 bits per heavy atom. The number of hydrogen-bond donors (Lipinski definition) is 1. The molecule has 1 aliphatic rings. The van der Waals surface area contributed by atoms with Crippen molar-refractivity contribution < 1.29 is 4.92 Å². The Bertz CT molecular complexity index is 287. The van der Waals surface area contributed by atoms with Crippen molar-refractivity contribution in [2.24, 2.45) is 0 Å². The van der Waals surface area contributed by atoms with Crippen LogP contribution in [0.2, 0.25) is 0 Å². The third-order valence-electron chi connectivity index (χ3n) is 1.81. The molecule has 0 atom stereocenters. The van der Waals surface area contributed by atoms with Crippen LogP contribution in [0.1, 0.15) is 19.3 Å². The zero-order valence-corrected chi connectivity index (χ0v) is 8.47. The second-order valence-corrected chi connectivity index (χ2v) is 3.93. The lowest BCUT2D eigenvalue weighted by Gasteiger charge is -2.15. The van der Waals surface area contributed by atoms with E-state index in [-0.39, 0.29) is 18.5 Å². The minimum atomic E-state index is -0.391. The lowest BCUT2D eigenvalue weighted by Crippen LogP contribution is -2.22. The average molecular weight is 213 g/mol. The molecule has 0 bridgehead atoms. The van der Waals surface area contributed by atoms with Gasteiger partial charge in [0.25, 0.3) is 5.70 Å². The maximum atomic E-state index is 10.7. The molecule has 6 heteroatoms. The fourth-order valence-electron chi connectivity index (χ4n) is 1.15. The van der Waals surface area contributed by atoms with Crippen molar-refractivity contribution in [3.63, 3.8) is 0 Å². The van der Waals surface area contributed by atoms with Gasteiger partial charge in [0.05, 0.1) is 17.4 Å². The zero-order valence-electron chi connectivity index (χ0n) is 7.65. The summed E-state index contributed by atoms with van der Waals surface area (Å²) in [4.78, 5) is 10.3. The quantitative estimate of drug-likeness (QED) is 0.567. The van der Waals surface area contributed by atoms with Crippen LogP contribution in [-0.4, -0.2) is 17.2 Å². The Hall–Kier alpha value is -1.22. The molecule has 1 N–H and O–H groups in total. The predicted octanol–water partition coefficient (Wildman–Crippen LogP) is 1.46. The summed E-state index contributed by atoms with van der Waals surface area (Å²) in [6, 6.07) is 1.92. The van der Waals surface area contributed by atoms with Crippen LogP contribution in [0.15, 0.2) is 10.7 Å². The van der Waals surface area contributed by atoms with Gasteiger partial charge in [0.15, 0.2) is 0 Å². The topological polar surface area (TPSA) is 79.0 Å². The van der Waals surface area contributed by atoms with E-state index in [0.717, 1.165) is 18.7 Å². The maximum Gasteiger partial charge on any atom is 0.276 e. The number of allylic oxidation sites excluding steroid dienone is 1. The second-order valence-electron chi connectivity index (χ2n) is 2.82. The molecule has 1 aliphatic heterocycles. The molecule has 1 fully saturated rings. The summed E-state index contributed by atoms with van der Waals surface area (Å²) < 4.78 is 0. The van der Waals surface area contributed by atoms with Gasteiger partial charge in [0, 0.05) is 18.7 Å². The Kier molecular flexibility index (Phi) is 4.26. The van der Waals surface area contributed by atoms with Gasteiger partial charge in [-0.3, -0.25) is 10.1 Å². The van der Waals surface area contributed by atoms with E-state index < -0.39 is 4.92 Å². The summed E-state index contributed by atoms with van der Waals surface area (Å²) in [7, 11) is 0. The van der Waals surface area contributed by atoms with Gasteiger partial charge in [0.1, 0.15) is 5.03 Å². The molecule has 0 aromatic heterocycles. The van der Waals surface area contributed by atoms with Gasteiger partial charge < -0.3 is 5.32 Å². The zero-order chi connectivity index (χ0) is 10.4. The number of nitrogens with zero attached hydrogens (tertiary/aromatic N) is 2. The highest BCUT2D eigenvalue weighted by molar-refractivity contribution is 8.03. The van der Waals surface area contributed by atoms with E-state index in [0.29, 0.717) is 5.03 Å². The van der Waals surface area contributed by atoms with Gasteiger partial charge in [-0.1, -0.05) is 0 Å². The van der Waals surface area contributed by atoms with Crippen LogP contribution in [0.3, 0.4) is 0 Å². The van der Waals surface area contributed by atoms with Gasteiger partial charge in [-0.15, -0.1) is 11.8 Å². The van der Waals surface area contributed by atoms with Crippen molar-refractivity contribution in [3.05, 3.63) is 20.8 Å². The molecule has 0 saturated carbocycles. The first-order valence-corrected chi connectivity index (χ1v) is 5.35. The number of nitriles is 1. The SMILES string of the molecule is N#CCC/C(=C1\NCCCS1)[N+](=O)[O-]. The standard InChI is InChI=1S/C8H11N3O2S/c9-4-1-3-7(11(12)13)8-10-5-2-6-14-8/h10H,1-3,5-6H2/b8-7-. The number of rotatable bonds is 3. The van der Waals surface area contributed by atoms with E-state index in [1.807, 2.05) is 6.07 Å². The highest BCUT2D eigenvalue weighted by atomic mass is 32.2. The summed E-state index contributed by atoms with van der Waals surface area (Å²) in [6.07, 6.45) is 1.44. The second kappa shape index (κ2) is 5.50. The van der Waals surface area contributed by atoms with Gasteiger partial charge in [-0.05, 0) is 6.42 Å². The molecule has 0 aromatic carbocycles. The third kappa shape index (κ3) is 2.92. The molecular weight excluding hydrogens is 202 g/mol. The molecule has 1 rings (SSSR count). The minimum absolute atomic E-state index is 0.149. The monoisotopic (exact) mass is 213 g/mol. The van der Waals surface area contributed by atoms with Gasteiger partial charge in [-0.2, -0.15) is 5.26 Å². The Labute approximate surface area is 86.3 Å². The summed E-state index contributed by atoms with van der Waals surface area (Å²) in [5.41, 5.74) is 0.149. The van der Waals surface area contributed by atoms with E-state index >= 15 is 0 Å². The van der Waals surface area contributed by atoms with Crippen LogP contribution in [-0.2, 0) is 0 Å². The molecular formula is C8H11N3O2S. The van der Waals surface area contributed by atoms with Crippen molar-refractivity contribution in [1.82, 2.24) is 5.32 Å². The molecule has 5 nitrogen and oxygen atoms in total. The van der Waals surface area contributed by atoms with E-state index in [1.54, 1.807) is 0 Å². The number of hydrogen-bond acceptors (Lipinski definition) is 5. The maximum absolute atomic E-state index is 10.7. The summed E-state index contributed by atoms with van der Waals surface area (Å²) in [5, 5.41) is 22.7. The molecule has 1 saturated heterocycles. The smallest absolute Gasteiger partial charge is 0.276 e. The van der Waals surface area contributed by atoms with Crippen molar-refractivity contribution in [1.29, 1.82) is 5.26 Å². The average Bonchev–Trinajstić information content (AvgIpc) is 2.19. The number of nitrogens with one attached hydrogen (secondary N) is 1. The van der Waals surface area contributed by atoms with Crippen LogP contribution in [0, 0.1) is 21.4 Å². The molecule has 14 heavy (non-hydrogen) atoms. The van der Waals surface area contributed by atoms with Crippen LogP contribution in [0.4, 0.5) is 0 Å². The fourth-order valence-corrected chi connectivity index (χ4v) is 2.19. The van der Waals surface area contributed by atoms with Gasteiger partial charge in [0.2, 0.25) is 0 Å². The molecule has 0 aliphatic carbocycles. The highest BCUT2D eigenvalue weighted by Crippen LogP contribution is 2.24. The Morgan fingerprint density at radius 3 is 3.07 bits per heavy atom. The van der Waals surface area contributed by atoms with Crippen LogP contribution >= 0.6 is 11.8 Å². The van der Waals surface area contributed by atoms with Crippen molar-refractivity contribution in [2.45, 2.75) is 19.3 Å². The van der Waals surface area contributed by atoms with E-state index in [2.05, 4.69) is 5.32 Å². The molecule has 0 unspecified atom stereocenters. The summed E-state index contributed by atoms with van der Waals surface area (Å²) in [6.45, 7) is 0.784. The first kappa shape index (κ1) is 10.9. The third-order valence-corrected chi connectivity index (χ3v) is 2.97. The highest BCUT2D eigenvalue weighted by Gasteiger charge is 2.20. The van der Waals surface area contributed by atoms with Crippen molar-refractivity contribution in [2.75, 3.05) is 12.3 Å². The van der Waals surface area contributed by atoms with Crippen LogP contribution in [0.5, 0.6) is 0 Å². The van der Waals surface area contributed by atoms with E-state index in [1.165, 1.54) is 11.8 Å². The molecule has 76 valence electrons. The van der Waals surface area contributed by atoms with Crippen LogP contribution in [0.25, 0.3) is 0 Å². The number of nitro groups is 1. The van der Waals surface area contributed by atoms with Crippen molar-refractivity contribution >= 4 is 11.8 Å². The molecule has 0 spiro atoms. The normalized spacial score (nSPS) is 19.4. The predicted molar refractivity (Wildman–Crippen MR) is 53.9 cm³/mol. The summed E-state index contributed by atoms with van der Waals surface area (Å²) in [5.74, 6) is 0.909. The van der Waals surface area contributed by atoms with Gasteiger partial charge in [-0.25, -0.2) is 0 Å². The lowest BCUT2D eigenvalue weighted by molar-refractivity contribution is -0.428. The van der Waals surface area contributed by atoms with E-state index in [9.17, 15) is 10.1 Å².